The van der Waals surface area contributed by atoms with Gasteiger partial charge in [0.15, 0.2) is 0 Å². The number of alkyl halides is 3. The molecule has 0 saturated carbocycles. The van der Waals surface area contributed by atoms with Crippen LogP contribution in [-0.2, 0) is 0 Å². The van der Waals surface area contributed by atoms with Gasteiger partial charge in [-0.3, -0.25) is 0 Å². The van der Waals surface area contributed by atoms with E-state index in [4.69, 9.17) is 11.6 Å². The Bertz CT molecular complexity index is 703. The third-order valence-electron chi connectivity index (χ3n) is 2.72. The minimum Gasteiger partial charge on any atom is -0.406 e. The fraction of sp³-hybridized carbons (Fsp3) is 0.133. The minimum atomic E-state index is -4.76. The zero-order valence-electron chi connectivity index (χ0n) is 11.9. The lowest BCUT2D eigenvalue weighted by molar-refractivity contribution is -0.274. The molecule has 0 bridgehead atoms. The van der Waals surface area contributed by atoms with Gasteiger partial charge in [0, 0.05) is 5.69 Å². The normalized spacial score (nSPS) is 11.0. The number of benzene rings is 2. The molecule has 122 valence electrons. The first-order valence-electron chi connectivity index (χ1n) is 6.43. The van der Waals surface area contributed by atoms with Crippen molar-refractivity contribution in [3.8, 4) is 5.75 Å². The summed E-state index contributed by atoms with van der Waals surface area (Å²) in [6.45, 7) is 1.86. The third kappa shape index (κ3) is 5.37. The van der Waals surface area contributed by atoms with Gasteiger partial charge in [-0.1, -0.05) is 17.7 Å². The van der Waals surface area contributed by atoms with Crippen molar-refractivity contribution in [3.63, 3.8) is 0 Å². The van der Waals surface area contributed by atoms with Crippen LogP contribution in [0.4, 0.5) is 29.3 Å². The van der Waals surface area contributed by atoms with Gasteiger partial charge in [-0.05, 0) is 48.9 Å². The molecule has 4 nitrogen and oxygen atoms in total. The highest BCUT2D eigenvalue weighted by Crippen LogP contribution is 2.25. The lowest BCUT2D eigenvalue weighted by atomic mass is 10.2. The van der Waals surface area contributed by atoms with Crippen molar-refractivity contribution in [1.82, 2.24) is 0 Å². The van der Waals surface area contributed by atoms with E-state index >= 15 is 0 Å². The van der Waals surface area contributed by atoms with Crippen molar-refractivity contribution in [1.29, 1.82) is 0 Å². The average molecular weight is 345 g/mol. The van der Waals surface area contributed by atoms with E-state index in [2.05, 4.69) is 15.4 Å². The summed E-state index contributed by atoms with van der Waals surface area (Å²) in [5.41, 5.74) is 1.67. The summed E-state index contributed by atoms with van der Waals surface area (Å²) in [5, 5.41) is 5.41. The number of hydrogen-bond donors (Lipinski definition) is 2. The predicted octanol–water partition coefficient (Wildman–Crippen LogP) is 5.19. The number of halogens is 4. The van der Waals surface area contributed by atoms with Crippen LogP contribution in [-0.4, -0.2) is 12.4 Å². The summed E-state index contributed by atoms with van der Waals surface area (Å²) in [4.78, 5) is 11.8. The topological polar surface area (TPSA) is 50.4 Å². The van der Waals surface area contributed by atoms with Gasteiger partial charge < -0.3 is 15.4 Å². The number of carbonyl (C=O) groups excluding carboxylic acids is 1. The molecule has 0 saturated heterocycles. The van der Waals surface area contributed by atoms with Gasteiger partial charge in [0.2, 0.25) is 0 Å². The molecule has 2 aromatic rings. The SMILES string of the molecule is Cc1ccc(NC(=O)Nc2ccc(OC(F)(F)F)cc2)c(Cl)c1. The number of carbonyl (C=O) groups is 1. The molecule has 2 aromatic carbocycles. The molecule has 0 fully saturated rings. The fourth-order valence-corrected chi connectivity index (χ4v) is 2.03. The van der Waals surface area contributed by atoms with Gasteiger partial charge in [0.05, 0.1) is 10.7 Å². The molecule has 0 unspecified atom stereocenters. The van der Waals surface area contributed by atoms with Gasteiger partial charge in [0.25, 0.3) is 0 Å². The molecular formula is C15H12ClF3N2O2. The molecule has 8 heteroatoms. The summed E-state index contributed by atoms with van der Waals surface area (Å²) < 4.78 is 39.9. The van der Waals surface area contributed by atoms with Crippen molar-refractivity contribution in [3.05, 3.63) is 53.1 Å². The Balaban J connectivity index is 1.97. The zero-order valence-corrected chi connectivity index (χ0v) is 12.6. The van der Waals surface area contributed by atoms with Crippen molar-refractivity contribution in [2.45, 2.75) is 13.3 Å². The summed E-state index contributed by atoms with van der Waals surface area (Å²) in [7, 11) is 0. The molecule has 0 aromatic heterocycles. The maximum atomic E-state index is 12.0. The second kappa shape index (κ2) is 6.78. The van der Waals surface area contributed by atoms with Crippen molar-refractivity contribution in [2.24, 2.45) is 0 Å². The Kier molecular flexibility index (Phi) is 5.00. The van der Waals surface area contributed by atoms with Crippen LogP contribution in [0.2, 0.25) is 5.02 Å². The van der Waals surface area contributed by atoms with Crippen molar-refractivity contribution in [2.75, 3.05) is 10.6 Å². The standard InChI is InChI=1S/C15H12ClF3N2O2/c1-9-2-7-13(12(16)8-9)21-14(22)20-10-3-5-11(6-4-10)23-15(17,18)19/h2-8H,1H3,(H2,20,21,22). The number of hydrogen-bond acceptors (Lipinski definition) is 2. The number of ether oxygens (including phenoxy) is 1. The molecule has 2 N–H and O–H groups in total. The van der Waals surface area contributed by atoms with Crippen LogP contribution >= 0.6 is 11.6 Å². The molecule has 0 aliphatic heterocycles. The number of rotatable bonds is 3. The zero-order chi connectivity index (χ0) is 17.0. The van der Waals surface area contributed by atoms with E-state index in [0.717, 1.165) is 17.7 Å². The predicted molar refractivity (Wildman–Crippen MR) is 82.0 cm³/mol. The Morgan fingerprint density at radius 1 is 1.09 bits per heavy atom. The maximum absolute atomic E-state index is 12.0. The lowest BCUT2D eigenvalue weighted by Crippen LogP contribution is -2.20. The molecule has 23 heavy (non-hydrogen) atoms. The van der Waals surface area contributed by atoms with Crippen LogP contribution in [0.15, 0.2) is 42.5 Å². The van der Waals surface area contributed by atoms with Gasteiger partial charge >= 0.3 is 12.4 Å². The number of nitrogens with one attached hydrogen (secondary N) is 2. The lowest BCUT2D eigenvalue weighted by Gasteiger charge is -2.11. The molecule has 2 amide bonds. The van der Waals surface area contributed by atoms with E-state index in [1.165, 1.54) is 12.1 Å². The van der Waals surface area contributed by atoms with E-state index in [9.17, 15) is 18.0 Å². The van der Waals surface area contributed by atoms with Crippen LogP contribution in [0, 0.1) is 6.92 Å². The molecular weight excluding hydrogens is 333 g/mol. The first-order chi connectivity index (χ1) is 10.7. The van der Waals surface area contributed by atoms with Crippen LogP contribution in [0.1, 0.15) is 5.56 Å². The number of urea groups is 1. The van der Waals surface area contributed by atoms with E-state index in [1.807, 2.05) is 6.92 Å². The van der Waals surface area contributed by atoms with Crippen molar-refractivity contribution < 1.29 is 22.7 Å². The minimum absolute atomic E-state index is 0.306. The van der Waals surface area contributed by atoms with Gasteiger partial charge in [-0.25, -0.2) is 4.79 Å². The fourth-order valence-electron chi connectivity index (χ4n) is 1.75. The van der Waals surface area contributed by atoms with Gasteiger partial charge in [-0.2, -0.15) is 0 Å². The Labute approximate surface area is 135 Å². The van der Waals surface area contributed by atoms with E-state index in [-0.39, 0.29) is 5.75 Å². The Hall–Kier alpha value is -2.41. The summed E-state index contributed by atoms with van der Waals surface area (Å²) in [6, 6.07) is 9.33. The second-order valence-electron chi connectivity index (χ2n) is 4.63. The second-order valence-corrected chi connectivity index (χ2v) is 5.04. The average Bonchev–Trinajstić information content (AvgIpc) is 2.42. The van der Waals surface area contributed by atoms with Gasteiger partial charge in [-0.15, -0.1) is 13.2 Å². The molecule has 0 heterocycles. The van der Waals surface area contributed by atoms with E-state index in [0.29, 0.717) is 16.4 Å². The third-order valence-corrected chi connectivity index (χ3v) is 3.03. The maximum Gasteiger partial charge on any atom is 0.573 e. The molecule has 0 spiro atoms. The van der Waals surface area contributed by atoms with Crippen LogP contribution in [0.5, 0.6) is 5.75 Å². The van der Waals surface area contributed by atoms with Crippen LogP contribution in [0.3, 0.4) is 0 Å². The molecule has 2 rings (SSSR count). The summed E-state index contributed by atoms with van der Waals surface area (Å²) in [5.74, 6) is -0.370. The first-order valence-corrected chi connectivity index (χ1v) is 6.81. The molecule has 0 atom stereocenters. The van der Waals surface area contributed by atoms with E-state index < -0.39 is 12.4 Å². The summed E-state index contributed by atoms with van der Waals surface area (Å²) >= 11 is 5.99. The smallest absolute Gasteiger partial charge is 0.406 e. The Morgan fingerprint density at radius 3 is 2.30 bits per heavy atom. The van der Waals surface area contributed by atoms with Gasteiger partial charge in [0.1, 0.15) is 5.75 Å². The molecule has 0 radical (unpaired) electrons. The highest BCUT2D eigenvalue weighted by molar-refractivity contribution is 6.33. The monoisotopic (exact) mass is 344 g/mol. The largest absolute Gasteiger partial charge is 0.573 e. The highest BCUT2D eigenvalue weighted by atomic mass is 35.5. The number of amides is 2. The number of anilines is 2. The first kappa shape index (κ1) is 17.0. The molecule has 0 aliphatic carbocycles. The van der Waals surface area contributed by atoms with Crippen LogP contribution in [0.25, 0.3) is 0 Å². The molecule has 0 aliphatic rings. The summed E-state index contributed by atoms with van der Waals surface area (Å²) in [6.07, 6.45) is -4.76. The van der Waals surface area contributed by atoms with Crippen molar-refractivity contribution >= 4 is 29.0 Å². The quantitative estimate of drug-likeness (QED) is 0.805. The van der Waals surface area contributed by atoms with E-state index in [1.54, 1.807) is 18.2 Å². The Morgan fingerprint density at radius 2 is 1.74 bits per heavy atom. The highest BCUT2D eigenvalue weighted by Gasteiger charge is 2.30. The van der Waals surface area contributed by atoms with Crippen LogP contribution < -0.4 is 15.4 Å². The number of aryl methyl sites for hydroxylation is 1.